The number of nitrogens with zero attached hydrogens (tertiary/aromatic N) is 2. The lowest BCUT2D eigenvalue weighted by Gasteiger charge is -1.99. The molecule has 0 aliphatic carbocycles. The van der Waals surface area contributed by atoms with E-state index in [1.807, 2.05) is 19.1 Å². The molecule has 0 aliphatic rings. The van der Waals surface area contributed by atoms with Crippen LogP contribution in [0.5, 0.6) is 11.5 Å². The van der Waals surface area contributed by atoms with Crippen molar-refractivity contribution in [2.45, 2.75) is 6.92 Å². The SMILES string of the molecule is Cc1cc(Cl)cc(Cl)c1.[C-]#[N+]c1cc(Cl)cc(OC)c1.[C-]#[N+]c1cc(O)cc(Cl)c1. The summed E-state index contributed by atoms with van der Waals surface area (Å²) < 4.78 is 4.91. The molecule has 0 saturated heterocycles. The largest absolute Gasteiger partial charge is 0.509 e. The average molecular weight is 482 g/mol. The van der Waals surface area contributed by atoms with Crippen LogP contribution in [0.1, 0.15) is 5.56 Å². The monoisotopic (exact) mass is 480 g/mol. The fourth-order valence-electron chi connectivity index (χ4n) is 2.05. The summed E-state index contributed by atoms with van der Waals surface area (Å²) in [5, 5.41) is 11.2. The summed E-state index contributed by atoms with van der Waals surface area (Å²) in [7, 11) is 1.54. The van der Waals surface area contributed by atoms with Gasteiger partial charge in [-0.3, -0.25) is 0 Å². The molecule has 3 aromatic carbocycles. The van der Waals surface area contributed by atoms with E-state index < -0.39 is 0 Å². The summed E-state index contributed by atoms with van der Waals surface area (Å²) in [6.07, 6.45) is 0. The molecule has 0 spiro atoms. The van der Waals surface area contributed by atoms with Gasteiger partial charge >= 0.3 is 0 Å². The lowest BCUT2D eigenvalue weighted by Crippen LogP contribution is -1.80. The molecule has 1 N–H and O–H groups in total. The zero-order valence-corrected chi connectivity index (χ0v) is 19.0. The van der Waals surface area contributed by atoms with Crippen LogP contribution in [0, 0.1) is 20.1 Å². The molecule has 30 heavy (non-hydrogen) atoms. The van der Waals surface area contributed by atoms with E-state index in [4.69, 9.17) is 69.4 Å². The molecular formula is C22H16Cl4N2O2. The fraction of sp³-hybridized carbons (Fsp3) is 0.0909. The van der Waals surface area contributed by atoms with Crippen molar-refractivity contribution < 1.29 is 9.84 Å². The molecule has 154 valence electrons. The first-order valence-corrected chi connectivity index (χ1v) is 9.69. The molecular weight excluding hydrogens is 466 g/mol. The van der Waals surface area contributed by atoms with Gasteiger partial charge in [-0.1, -0.05) is 46.4 Å². The van der Waals surface area contributed by atoms with Gasteiger partial charge in [0.15, 0.2) is 11.4 Å². The fourth-order valence-corrected chi connectivity index (χ4v) is 3.12. The van der Waals surface area contributed by atoms with Crippen molar-refractivity contribution in [3.05, 3.63) is 103 Å². The maximum Gasteiger partial charge on any atom is 0.192 e. The van der Waals surface area contributed by atoms with E-state index >= 15 is 0 Å². The summed E-state index contributed by atoms with van der Waals surface area (Å²) >= 11 is 22.5. The standard InChI is InChI=1S/C8H6ClNO.C7H6Cl2.C7H4ClNO/c1-10-7-3-6(9)4-8(5-7)11-2;1-5-2-6(8)4-7(9)3-5;1-9-6-2-5(8)3-7(10)4-6/h3-5H,2H3;2-4H,1H3;2-4,10H. The summed E-state index contributed by atoms with van der Waals surface area (Å²) in [6, 6.07) is 14.6. The average Bonchev–Trinajstić information content (AvgIpc) is 2.66. The Kier molecular flexibility index (Phi) is 10.9. The van der Waals surface area contributed by atoms with Gasteiger partial charge in [0.1, 0.15) is 11.5 Å². The maximum absolute atomic E-state index is 8.90. The minimum absolute atomic E-state index is 0.0264. The van der Waals surface area contributed by atoms with Gasteiger partial charge in [-0.25, -0.2) is 9.69 Å². The molecule has 0 bridgehead atoms. The van der Waals surface area contributed by atoms with Gasteiger partial charge in [0.2, 0.25) is 0 Å². The number of halogens is 4. The van der Waals surface area contributed by atoms with Crippen molar-refractivity contribution in [1.82, 2.24) is 0 Å². The van der Waals surface area contributed by atoms with E-state index in [-0.39, 0.29) is 5.75 Å². The normalized spacial score (nSPS) is 9.07. The van der Waals surface area contributed by atoms with E-state index in [0.717, 1.165) is 5.56 Å². The van der Waals surface area contributed by atoms with Gasteiger partial charge in [-0.15, -0.1) is 0 Å². The van der Waals surface area contributed by atoms with Crippen LogP contribution in [-0.2, 0) is 0 Å². The Hall–Kier alpha value is -2.60. The number of hydrogen-bond acceptors (Lipinski definition) is 2. The number of benzene rings is 3. The third-order valence-electron chi connectivity index (χ3n) is 3.22. The Morgan fingerprint density at radius 2 is 1.17 bits per heavy atom. The van der Waals surface area contributed by atoms with Crippen LogP contribution >= 0.6 is 46.4 Å². The van der Waals surface area contributed by atoms with Crippen LogP contribution in [0.3, 0.4) is 0 Å². The first-order chi connectivity index (χ1) is 14.2. The summed E-state index contributed by atoms with van der Waals surface area (Å²) in [5.41, 5.74) is 1.94. The van der Waals surface area contributed by atoms with Gasteiger partial charge in [-0.2, -0.15) is 0 Å². The summed E-state index contributed by atoms with van der Waals surface area (Å²) in [6.45, 7) is 15.3. The van der Waals surface area contributed by atoms with E-state index in [1.54, 1.807) is 31.4 Å². The van der Waals surface area contributed by atoms with Crippen molar-refractivity contribution in [3.8, 4) is 11.5 Å². The minimum Gasteiger partial charge on any atom is -0.509 e. The van der Waals surface area contributed by atoms with Crippen LogP contribution in [0.2, 0.25) is 20.1 Å². The lowest BCUT2D eigenvalue weighted by molar-refractivity contribution is 0.415. The topological polar surface area (TPSA) is 38.2 Å². The smallest absolute Gasteiger partial charge is 0.192 e. The second-order valence-corrected chi connectivity index (χ2v) is 7.43. The number of methoxy groups -OCH3 is 1. The molecule has 0 heterocycles. The number of hydrogen-bond donors (Lipinski definition) is 1. The Morgan fingerprint density at radius 1 is 0.700 bits per heavy atom. The second kappa shape index (κ2) is 12.9. The molecule has 8 heteroatoms. The Balaban J connectivity index is 0.000000226. The highest BCUT2D eigenvalue weighted by atomic mass is 35.5. The Bertz CT molecular complexity index is 1020. The van der Waals surface area contributed by atoms with Crippen molar-refractivity contribution in [3.63, 3.8) is 0 Å². The molecule has 4 nitrogen and oxygen atoms in total. The lowest BCUT2D eigenvalue weighted by atomic mass is 10.2. The molecule has 0 aliphatic heterocycles. The van der Waals surface area contributed by atoms with Crippen LogP contribution in [0.25, 0.3) is 9.69 Å². The Labute approximate surface area is 195 Å². The number of ether oxygens (including phenoxy) is 1. The number of rotatable bonds is 1. The molecule has 0 radical (unpaired) electrons. The second-order valence-electron chi connectivity index (χ2n) is 5.69. The summed E-state index contributed by atoms with van der Waals surface area (Å²) in [5.74, 6) is 0.641. The quantitative estimate of drug-likeness (QED) is 0.352. The third-order valence-corrected chi connectivity index (χ3v) is 4.10. The van der Waals surface area contributed by atoms with E-state index in [0.29, 0.717) is 37.2 Å². The zero-order valence-electron chi connectivity index (χ0n) is 16.0. The first kappa shape index (κ1) is 25.4. The number of aromatic hydroxyl groups is 1. The molecule has 3 aromatic rings. The van der Waals surface area contributed by atoms with Gasteiger partial charge in [-0.05, 0) is 67.1 Å². The summed E-state index contributed by atoms with van der Waals surface area (Å²) in [4.78, 5) is 6.32. The van der Waals surface area contributed by atoms with E-state index in [1.165, 1.54) is 18.2 Å². The molecule has 0 aromatic heterocycles. The van der Waals surface area contributed by atoms with Crippen LogP contribution < -0.4 is 4.74 Å². The number of phenolic OH excluding ortho intramolecular Hbond substituents is 1. The van der Waals surface area contributed by atoms with E-state index in [9.17, 15) is 0 Å². The third kappa shape index (κ3) is 9.74. The highest BCUT2D eigenvalue weighted by Crippen LogP contribution is 2.26. The number of phenols is 1. The highest BCUT2D eigenvalue weighted by Gasteiger charge is 1.97. The zero-order chi connectivity index (χ0) is 22.7. The van der Waals surface area contributed by atoms with Crippen molar-refractivity contribution >= 4 is 57.8 Å². The molecule has 0 fully saturated rings. The van der Waals surface area contributed by atoms with Gasteiger partial charge < -0.3 is 9.84 Å². The van der Waals surface area contributed by atoms with Gasteiger partial charge in [0.05, 0.1) is 20.3 Å². The number of aryl methyl sites for hydroxylation is 1. The molecule has 3 rings (SSSR count). The first-order valence-electron chi connectivity index (χ1n) is 8.18. The van der Waals surface area contributed by atoms with Crippen molar-refractivity contribution in [1.29, 1.82) is 0 Å². The van der Waals surface area contributed by atoms with Gasteiger partial charge in [0.25, 0.3) is 0 Å². The van der Waals surface area contributed by atoms with E-state index in [2.05, 4.69) is 9.69 Å². The predicted octanol–water partition coefficient (Wildman–Crippen LogP) is 8.80. The highest BCUT2D eigenvalue weighted by molar-refractivity contribution is 6.34. The Morgan fingerprint density at radius 3 is 1.60 bits per heavy atom. The van der Waals surface area contributed by atoms with Crippen molar-refractivity contribution in [2.75, 3.05) is 7.11 Å². The van der Waals surface area contributed by atoms with Crippen LogP contribution in [-0.4, -0.2) is 12.2 Å². The van der Waals surface area contributed by atoms with Crippen LogP contribution in [0.4, 0.5) is 11.4 Å². The minimum atomic E-state index is 0.0264. The maximum atomic E-state index is 8.90. The van der Waals surface area contributed by atoms with Crippen molar-refractivity contribution in [2.24, 2.45) is 0 Å². The molecule has 0 amide bonds. The molecule has 0 saturated carbocycles. The predicted molar refractivity (Wildman–Crippen MR) is 125 cm³/mol. The molecule has 0 unspecified atom stereocenters. The van der Waals surface area contributed by atoms with Gasteiger partial charge in [0, 0.05) is 20.1 Å². The molecule has 0 atom stereocenters. The van der Waals surface area contributed by atoms with Crippen LogP contribution in [0.15, 0.2) is 54.6 Å².